The molecule has 0 unspecified atom stereocenters. The summed E-state index contributed by atoms with van der Waals surface area (Å²) < 4.78 is 5.37. The van der Waals surface area contributed by atoms with E-state index in [4.69, 9.17) is 16.3 Å². The number of benzene rings is 2. The second-order valence-electron chi connectivity index (χ2n) is 7.28. The van der Waals surface area contributed by atoms with Gasteiger partial charge >= 0.3 is 0 Å². The first-order valence-electron chi connectivity index (χ1n) is 9.58. The molecule has 0 aromatic heterocycles. The number of carbonyl (C=O) groups is 1. The summed E-state index contributed by atoms with van der Waals surface area (Å²) in [5, 5.41) is 0.719. The van der Waals surface area contributed by atoms with Crippen molar-refractivity contribution in [3.63, 3.8) is 0 Å². The fourth-order valence-corrected chi connectivity index (χ4v) is 4.03. The van der Waals surface area contributed by atoms with Gasteiger partial charge in [0, 0.05) is 24.1 Å². The first kappa shape index (κ1) is 19.1. The fraction of sp³-hybridized carbons (Fsp3) is 0.435. The lowest BCUT2D eigenvalue weighted by molar-refractivity contribution is 0.0970. The molecule has 0 atom stereocenters. The Balaban J connectivity index is 1.74. The molecule has 1 aliphatic carbocycles. The van der Waals surface area contributed by atoms with E-state index in [1.54, 1.807) is 7.11 Å². The second kappa shape index (κ2) is 9.34. The van der Waals surface area contributed by atoms with Gasteiger partial charge < -0.3 is 4.74 Å². The zero-order valence-corrected chi connectivity index (χ0v) is 16.2. The molecule has 0 spiro atoms. The highest BCUT2D eigenvalue weighted by molar-refractivity contribution is 6.30. The molecule has 1 fully saturated rings. The van der Waals surface area contributed by atoms with Gasteiger partial charge in [-0.2, -0.15) is 0 Å². The molecule has 26 heavy (non-hydrogen) atoms. The maximum atomic E-state index is 12.7. The third-order valence-electron chi connectivity index (χ3n) is 5.39. The SMILES string of the molecule is COCc1cc(C(=O)CCC2CCCCC2)ccc1-c1ccc(Cl)cc1. The summed E-state index contributed by atoms with van der Waals surface area (Å²) in [5.41, 5.74) is 4.01. The van der Waals surface area contributed by atoms with Gasteiger partial charge in [-0.25, -0.2) is 0 Å². The second-order valence-corrected chi connectivity index (χ2v) is 7.71. The van der Waals surface area contributed by atoms with E-state index in [2.05, 4.69) is 0 Å². The van der Waals surface area contributed by atoms with Crippen molar-refractivity contribution in [2.75, 3.05) is 7.11 Å². The van der Waals surface area contributed by atoms with Gasteiger partial charge in [0.1, 0.15) is 0 Å². The van der Waals surface area contributed by atoms with Crippen LogP contribution in [0.5, 0.6) is 0 Å². The van der Waals surface area contributed by atoms with Gasteiger partial charge in [0.2, 0.25) is 0 Å². The van der Waals surface area contributed by atoms with Crippen LogP contribution in [0.3, 0.4) is 0 Å². The minimum Gasteiger partial charge on any atom is -0.380 e. The van der Waals surface area contributed by atoms with Crippen molar-refractivity contribution in [2.24, 2.45) is 5.92 Å². The number of ether oxygens (including phenoxy) is 1. The normalized spacial score (nSPS) is 15.2. The molecule has 138 valence electrons. The van der Waals surface area contributed by atoms with E-state index in [0.717, 1.165) is 39.6 Å². The van der Waals surface area contributed by atoms with E-state index in [1.807, 2.05) is 42.5 Å². The molecule has 3 heteroatoms. The summed E-state index contributed by atoms with van der Waals surface area (Å²) in [6.07, 6.45) is 8.26. The standard InChI is InChI=1S/C23H27ClO2/c1-26-16-20-15-19(23(25)14-7-17-5-3-2-4-6-17)10-13-22(20)18-8-11-21(24)12-9-18/h8-13,15,17H,2-7,14,16H2,1H3. The smallest absolute Gasteiger partial charge is 0.162 e. The van der Waals surface area contributed by atoms with Gasteiger partial charge in [-0.15, -0.1) is 0 Å². The molecule has 0 saturated heterocycles. The largest absolute Gasteiger partial charge is 0.380 e. The lowest BCUT2D eigenvalue weighted by atomic mass is 9.85. The molecule has 1 saturated carbocycles. The van der Waals surface area contributed by atoms with Crippen LogP contribution in [-0.2, 0) is 11.3 Å². The molecule has 0 heterocycles. The lowest BCUT2D eigenvalue weighted by Gasteiger charge is -2.21. The zero-order valence-electron chi connectivity index (χ0n) is 15.5. The maximum absolute atomic E-state index is 12.7. The molecular formula is C23H27ClO2. The predicted molar refractivity (Wildman–Crippen MR) is 108 cm³/mol. The van der Waals surface area contributed by atoms with Crippen molar-refractivity contribution >= 4 is 17.4 Å². The third-order valence-corrected chi connectivity index (χ3v) is 5.64. The van der Waals surface area contributed by atoms with Crippen LogP contribution in [0.25, 0.3) is 11.1 Å². The Hall–Kier alpha value is -1.64. The molecule has 3 rings (SSSR count). The molecule has 2 aromatic rings. The van der Waals surface area contributed by atoms with Gasteiger partial charge in [-0.1, -0.05) is 68.0 Å². The molecule has 0 aliphatic heterocycles. The molecule has 2 aromatic carbocycles. The monoisotopic (exact) mass is 370 g/mol. The molecule has 1 aliphatic rings. The van der Waals surface area contributed by atoms with Crippen molar-refractivity contribution in [2.45, 2.75) is 51.6 Å². The van der Waals surface area contributed by atoms with Crippen molar-refractivity contribution in [1.82, 2.24) is 0 Å². The minimum atomic E-state index is 0.246. The first-order chi connectivity index (χ1) is 12.7. The highest BCUT2D eigenvalue weighted by atomic mass is 35.5. The van der Waals surface area contributed by atoms with Crippen LogP contribution in [0, 0.1) is 5.92 Å². The minimum absolute atomic E-state index is 0.246. The van der Waals surface area contributed by atoms with E-state index in [0.29, 0.717) is 13.0 Å². The summed E-state index contributed by atoms with van der Waals surface area (Å²) in [5.74, 6) is 0.982. The highest BCUT2D eigenvalue weighted by Gasteiger charge is 2.16. The van der Waals surface area contributed by atoms with E-state index >= 15 is 0 Å². The number of rotatable bonds is 7. The lowest BCUT2D eigenvalue weighted by Crippen LogP contribution is -2.09. The Morgan fingerprint density at radius 3 is 2.50 bits per heavy atom. The molecule has 2 nitrogen and oxygen atoms in total. The topological polar surface area (TPSA) is 26.3 Å². The Bertz CT molecular complexity index is 730. The average Bonchev–Trinajstić information content (AvgIpc) is 2.68. The predicted octanol–water partition coefficient (Wildman–Crippen LogP) is 6.70. The average molecular weight is 371 g/mol. The number of ketones is 1. The summed E-state index contributed by atoms with van der Waals surface area (Å²) in [6, 6.07) is 13.8. The third kappa shape index (κ3) is 4.96. The molecule has 0 bridgehead atoms. The van der Waals surface area contributed by atoms with E-state index < -0.39 is 0 Å². The van der Waals surface area contributed by atoms with Crippen LogP contribution in [-0.4, -0.2) is 12.9 Å². The Morgan fingerprint density at radius 1 is 1.08 bits per heavy atom. The van der Waals surface area contributed by atoms with Crippen LogP contribution < -0.4 is 0 Å². The molecule has 0 N–H and O–H groups in total. The van der Waals surface area contributed by atoms with Crippen molar-refractivity contribution in [3.8, 4) is 11.1 Å². The van der Waals surface area contributed by atoms with E-state index in [1.165, 1.54) is 32.1 Å². The van der Waals surface area contributed by atoms with Gasteiger partial charge in [-0.05, 0) is 47.2 Å². The van der Waals surface area contributed by atoms with Crippen LogP contribution >= 0.6 is 11.6 Å². The Morgan fingerprint density at radius 2 is 1.81 bits per heavy atom. The number of hydrogen-bond acceptors (Lipinski definition) is 2. The van der Waals surface area contributed by atoms with E-state index in [-0.39, 0.29) is 5.78 Å². The van der Waals surface area contributed by atoms with Gasteiger partial charge in [0.25, 0.3) is 0 Å². The molecular weight excluding hydrogens is 344 g/mol. The number of Topliss-reactive ketones (excluding diaryl/α,β-unsaturated/α-hetero) is 1. The molecule has 0 radical (unpaired) electrons. The quantitative estimate of drug-likeness (QED) is 0.507. The summed E-state index contributed by atoms with van der Waals surface area (Å²) in [4.78, 5) is 12.7. The maximum Gasteiger partial charge on any atom is 0.162 e. The number of methoxy groups -OCH3 is 1. The number of carbonyl (C=O) groups excluding carboxylic acids is 1. The highest BCUT2D eigenvalue weighted by Crippen LogP contribution is 2.30. The summed E-state index contributed by atoms with van der Waals surface area (Å²) >= 11 is 6.00. The first-order valence-corrected chi connectivity index (χ1v) is 9.96. The Labute approximate surface area is 161 Å². The van der Waals surface area contributed by atoms with Crippen molar-refractivity contribution in [1.29, 1.82) is 0 Å². The van der Waals surface area contributed by atoms with Gasteiger partial charge in [-0.3, -0.25) is 4.79 Å². The van der Waals surface area contributed by atoms with Crippen molar-refractivity contribution < 1.29 is 9.53 Å². The summed E-state index contributed by atoms with van der Waals surface area (Å²) in [7, 11) is 1.68. The zero-order chi connectivity index (χ0) is 18.4. The fourth-order valence-electron chi connectivity index (χ4n) is 3.91. The summed E-state index contributed by atoms with van der Waals surface area (Å²) in [6.45, 7) is 0.488. The van der Waals surface area contributed by atoms with E-state index in [9.17, 15) is 4.79 Å². The van der Waals surface area contributed by atoms with Crippen molar-refractivity contribution in [3.05, 3.63) is 58.6 Å². The Kier molecular flexibility index (Phi) is 6.87. The van der Waals surface area contributed by atoms with Crippen LogP contribution in [0.1, 0.15) is 60.9 Å². The number of hydrogen-bond donors (Lipinski definition) is 0. The van der Waals surface area contributed by atoms with Crippen LogP contribution in [0.15, 0.2) is 42.5 Å². The van der Waals surface area contributed by atoms with Gasteiger partial charge in [0.05, 0.1) is 6.61 Å². The number of halogens is 1. The molecule has 0 amide bonds. The van der Waals surface area contributed by atoms with Crippen LogP contribution in [0.2, 0.25) is 5.02 Å². The van der Waals surface area contributed by atoms with Gasteiger partial charge in [0.15, 0.2) is 5.78 Å². The van der Waals surface area contributed by atoms with Crippen LogP contribution in [0.4, 0.5) is 0 Å².